The molecule has 2 N–H and O–H groups in total. The molecule has 0 radical (unpaired) electrons. The van der Waals surface area contributed by atoms with E-state index in [1.54, 1.807) is 19.1 Å². The number of hydrogen-bond acceptors (Lipinski definition) is 7. The van der Waals surface area contributed by atoms with Crippen molar-refractivity contribution in [2.45, 2.75) is 30.7 Å². The van der Waals surface area contributed by atoms with E-state index in [0.717, 1.165) is 13.1 Å². The molecular weight excluding hydrogens is 521 g/mol. The number of anilines is 2. The molecule has 0 bridgehead atoms. The van der Waals surface area contributed by atoms with E-state index in [0.29, 0.717) is 30.4 Å². The number of aromatic nitrogens is 2. The summed E-state index contributed by atoms with van der Waals surface area (Å²) in [7, 11) is -3.66. The molecule has 2 heterocycles. The minimum Gasteiger partial charge on any atom is -0.476 e. The highest BCUT2D eigenvalue weighted by atomic mass is 35.5. The van der Waals surface area contributed by atoms with Crippen LogP contribution >= 0.6 is 11.6 Å². The summed E-state index contributed by atoms with van der Waals surface area (Å²) in [6.07, 6.45) is 2.37. The Morgan fingerprint density at radius 2 is 1.76 bits per heavy atom. The van der Waals surface area contributed by atoms with Gasteiger partial charge in [-0.1, -0.05) is 17.7 Å². The van der Waals surface area contributed by atoms with E-state index in [4.69, 9.17) is 11.6 Å². The van der Waals surface area contributed by atoms with Gasteiger partial charge in [-0.3, -0.25) is 4.90 Å². The first-order valence-electron chi connectivity index (χ1n) is 11.8. The molecule has 9 nitrogen and oxygen atoms in total. The normalized spacial score (nSPS) is 17.1. The second-order valence-corrected chi connectivity index (χ2v) is 11.5. The Hall–Kier alpha value is -3.12. The van der Waals surface area contributed by atoms with Gasteiger partial charge in [0.1, 0.15) is 11.5 Å². The zero-order chi connectivity index (χ0) is 26.3. The Morgan fingerprint density at radius 3 is 2.35 bits per heavy atom. The van der Waals surface area contributed by atoms with Gasteiger partial charge in [0.15, 0.2) is 5.69 Å². The third-order valence-electron chi connectivity index (χ3n) is 6.72. The Balaban J connectivity index is 1.41. The number of sulfonamides is 1. The van der Waals surface area contributed by atoms with Gasteiger partial charge in [-0.25, -0.2) is 17.6 Å². The van der Waals surface area contributed by atoms with Crippen LogP contribution in [-0.2, 0) is 10.0 Å². The molecule has 0 atom stereocenters. The maximum Gasteiger partial charge on any atom is 0.358 e. The first-order chi connectivity index (χ1) is 17.7. The third kappa shape index (κ3) is 5.04. The Bertz CT molecular complexity index is 1440. The van der Waals surface area contributed by atoms with Crippen LogP contribution in [0.25, 0.3) is 11.3 Å². The quantitative estimate of drug-likeness (QED) is 0.455. The first kappa shape index (κ1) is 25.5. The average molecular weight is 546 g/mol. The summed E-state index contributed by atoms with van der Waals surface area (Å²) in [5, 5.41) is 20.5. The number of carboxylic acids is 1. The van der Waals surface area contributed by atoms with Gasteiger partial charge in [0.2, 0.25) is 10.0 Å². The summed E-state index contributed by atoms with van der Waals surface area (Å²) in [6.45, 7) is 3.93. The van der Waals surface area contributed by atoms with E-state index in [2.05, 4.69) is 20.4 Å². The van der Waals surface area contributed by atoms with Crippen LogP contribution in [0.1, 0.15) is 28.9 Å². The van der Waals surface area contributed by atoms with Gasteiger partial charge in [-0.05, 0) is 56.2 Å². The number of halogens is 2. The van der Waals surface area contributed by atoms with Gasteiger partial charge in [0.05, 0.1) is 21.2 Å². The van der Waals surface area contributed by atoms with E-state index in [1.807, 2.05) is 0 Å². The van der Waals surface area contributed by atoms with Gasteiger partial charge < -0.3 is 10.4 Å². The molecule has 1 aliphatic heterocycles. The second-order valence-electron chi connectivity index (χ2n) is 9.12. The van der Waals surface area contributed by atoms with E-state index >= 15 is 0 Å². The van der Waals surface area contributed by atoms with Crippen molar-refractivity contribution in [1.29, 1.82) is 0 Å². The number of piperazine rings is 1. The SMILES string of the molecule is Cc1c(-c2c(F)cccc2Cl)nnc(C(=O)O)c1Nc1ccc(S(=O)(=O)N2CCN(C3CC3)CC2)cc1. The predicted molar refractivity (Wildman–Crippen MR) is 137 cm³/mol. The highest BCUT2D eigenvalue weighted by molar-refractivity contribution is 7.89. The predicted octanol–water partition coefficient (Wildman–Crippen LogP) is 4.16. The van der Waals surface area contributed by atoms with Crippen molar-refractivity contribution in [3.63, 3.8) is 0 Å². The monoisotopic (exact) mass is 545 g/mol. The van der Waals surface area contributed by atoms with Crippen molar-refractivity contribution in [3.8, 4) is 11.3 Å². The summed E-state index contributed by atoms with van der Waals surface area (Å²) in [6, 6.07) is 10.8. The average Bonchev–Trinajstić information content (AvgIpc) is 3.72. The van der Waals surface area contributed by atoms with Gasteiger partial charge >= 0.3 is 5.97 Å². The fraction of sp³-hybridized carbons (Fsp3) is 0.320. The molecule has 2 aromatic carbocycles. The van der Waals surface area contributed by atoms with Crippen molar-refractivity contribution in [1.82, 2.24) is 19.4 Å². The molecule has 0 unspecified atom stereocenters. The summed E-state index contributed by atoms with van der Waals surface area (Å²) in [5.41, 5.74) is 0.603. The van der Waals surface area contributed by atoms with Gasteiger partial charge in [0, 0.05) is 43.5 Å². The number of carboxylic acid groups (broad SMARTS) is 1. The Morgan fingerprint density at radius 1 is 1.08 bits per heavy atom. The minimum absolute atomic E-state index is 0.0115. The maximum absolute atomic E-state index is 14.6. The van der Waals surface area contributed by atoms with Crippen molar-refractivity contribution in [3.05, 3.63) is 64.6 Å². The lowest BCUT2D eigenvalue weighted by atomic mass is 10.0. The van der Waals surface area contributed by atoms with Crippen LogP contribution in [-0.4, -0.2) is 71.1 Å². The van der Waals surface area contributed by atoms with Crippen LogP contribution in [0.5, 0.6) is 0 Å². The van der Waals surface area contributed by atoms with E-state index in [1.165, 1.54) is 47.5 Å². The zero-order valence-electron chi connectivity index (χ0n) is 20.0. The summed E-state index contributed by atoms with van der Waals surface area (Å²) < 4.78 is 42.4. The molecule has 1 saturated carbocycles. The van der Waals surface area contributed by atoms with Crippen molar-refractivity contribution >= 4 is 39.0 Å². The molecule has 2 fully saturated rings. The fourth-order valence-corrected chi connectivity index (χ4v) is 6.21. The van der Waals surface area contributed by atoms with Crippen LogP contribution in [0.2, 0.25) is 5.02 Å². The van der Waals surface area contributed by atoms with Gasteiger partial charge in [-0.15, -0.1) is 10.2 Å². The van der Waals surface area contributed by atoms with Crippen molar-refractivity contribution in [2.24, 2.45) is 0 Å². The number of rotatable bonds is 7. The third-order valence-corrected chi connectivity index (χ3v) is 8.94. The molecule has 2 aliphatic rings. The maximum atomic E-state index is 14.6. The number of aromatic carboxylic acids is 1. The number of nitrogens with one attached hydrogen (secondary N) is 1. The minimum atomic E-state index is -3.66. The molecular formula is C25H25ClFN5O4S. The molecule has 1 saturated heterocycles. The molecule has 37 heavy (non-hydrogen) atoms. The molecule has 12 heteroatoms. The van der Waals surface area contributed by atoms with Crippen LogP contribution in [0.4, 0.5) is 15.8 Å². The lowest BCUT2D eigenvalue weighted by molar-refractivity contribution is 0.0690. The van der Waals surface area contributed by atoms with Crippen molar-refractivity contribution < 1.29 is 22.7 Å². The van der Waals surface area contributed by atoms with Crippen LogP contribution in [0.15, 0.2) is 47.4 Å². The van der Waals surface area contributed by atoms with Crippen molar-refractivity contribution in [2.75, 3.05) is 31.5 Å². The number of benzene rings is 2. The Labute approximate surface area is 218 Å². The molecule has 1 aliphatic carbocycles. The molecule has 3 aromatic rings. The van der Waals surface area contributed by atoms with Crippen LogP contribution in [0, 0.1) is 12.7 Å². The lowest BCUT2D eigenvalue weighted by Crippen LogP contribution is -2.49. The summed E-state index contributed by atoms with van der Waals surface area (Å²) in [4.78, 5) is 14.3. The molecule has 1 aromatic heterocycles. The first-order valence-corrected chi connectivity index (χ1v) is 13.6. The number of carbonyl (C=O) groups is 1. The number of nitrogens with zero attached hydrogens (tertiary/aromatic N) is 4. The van der Waals surface area contributed by atoms with E-state index in [-0.39, 0.29) is 32.6 Å². The largest absolute Gasteiger partial charge is 0.476 e. The fourth-order valence-electron chi connectivity index (χ4n) is 4.54. The molecule has 0 amide bonds. The van der Waals surface area contributed by atoms with Crippen LogP contribution < -0.4 is 5.32 Å². The topological polar surface area (TPSA) is 116 Å². The lowest BCUT2D eigenvalue weighted by Gasteiger charge is -2.34. The Kier molecular flexibility index (Phi) is 6.88. The zero-order valence-corrected chi connectivity index (χ0v) is 21.6. The van der Waals surface area contributed by atoms with Gasteiger partial charge in [-0.2, -0.15) is 4.31 Å². The highest BCUT2D eigenvalue weighted by Gasteiger charge is 2.35. The molecule has 194 valence electrons. The van der Waals surface area contributed by atoms with E-state index < -0.39 is 21.8 Å². The summed E-state index contributed by atoms with van der Waals surface area (Å²) in [5.74, 6) is -1.94. The van der Waals surface area contributed by atoms with E-state index in [9.17, 15) is 22.7 Å². The number of hydrogen-bond donors (Lipinski definition) is 2. The summed E-state index contributed by atoms with van der Waals surface area (Å²) >= 11 is 6.19. The second kappa shape index (κ2) is 9.97. The molecule has 5 rings (SSSR count). The van der Waals surface area contributed by atoms with Gasteiger partial charge in [0.25, 0.3) is 0 Å². The smallest absolute Gasteiger partial charge is 0.358 e. The standard InChI is InChI=1S/C25H25ClFN5O4S/c1-15-22(21-19(26)3-2-4-20(21)27)29-30-24(25(33)34)23(15)28-16-5-9-18(10-6-16)37(35,36)32-13-11-31(12-14-32)17-7-8-17/h2-6,9-10,17H,7-8,11-14H2,1H3,(H,28,29)(H,33,34). The highest BCUT2D eigenvalue weighted by Crippen LogP contribution is 2.36. The van der Waals surface area contributed by atoms with Crippen LogP contribution in [0.3, 0.4) is 0 Å². The molecule has 0 spiro atoms.